The smallest absolute Gasteiger partial charge is 0.342 e. The van der Waals surface area contributed by atoms with Crippen LogP contribution in [0.5, 0.6) is 0 Å². The summed E-state index contributed by atoms with van der Waals surface area (Å²) in [4.78, 5) is 34.1. The van der Waals surface area contributed by atoms with Gasteiger partial charge in [-0.25, -0.2) is 9.59 Å². The van der Waals surface area contributed by atoms with E-state index in [1.165, 1.54) is 12.1 Å². The van der Waals surface area contributed by atoms with Gasteiger partial charge in [-0.05, 0) is 18.6 Å². The van der Waals surface area contributed by atoms with Crippen LogP contribution in [0.1, 0.15) is 28.9 Å². The molecule has 17 heavy (non-hydrogen) atoms. The quantitative estimate of drug-likeness (QED) is 0.370. The Bertz CT molecular complexity index is 519. The molecule has 1 atom stereocenters. The zero-order valence-corrected chi connectivity index (χ0v) is 8.78. The Labute approximate surface area is 95.6 Å². The minimum Gasteiger partial charge on any atom is -0.477 e. The van der Waals surface area contributed by atoms with Gasteiger partial charge in [0.15, 0.2) is 0 Å². The Morgan fingerprint density at radius 1 is 1.59 bits per heavy atom. The van der Waals surface area contributed by atoms with Crippen molar-refractivity contribution in [3.63, 3.8) is 0 Å². The molecule has 0 radical (unpaired) electrons. The van der Waals surface area contributed by atoms with Crippen molar-refractivity contribution in [1.82, 2.24) is 0 Å². The molecule has 0 unspecified atom stereocenters. The molecule has 0 saturated carbocycles. The van der Waals surface area contributed by atoms with Gasteiger partial charge in [-0.15, -0.1) is 0 Å². The number of rotatable bonds is 4. The number of nitro groups is 1. The van der Waals surface area contributed by atoms with E-state index in [0.717, 1.165) is 12.1 Å². The lowest BCUT2D eigenvalue weighted by Gasteiger charge is -2.05. The van der Waals surface area contributed by atoms with Gasteiger partial charge in [0.05, 0.1) is 11.0 Å². The number of benzene rings is 1. The minimum atomic E-state index is -1.38. The molecule has 7 nitrogen and oxygen atoms in total. The molecule has 7 heteroatoms. The summed E-state index contributed by atoms with van der Waals surface area (Å²) in [6, 6.07) is 2.98. The Morgan fingerprint density at radius 2 is 2.24 bits per heavy atom. The molecule has 88 valence electrons. The number of carboxylic acid groups (broad SMARTS) is 1. The molecule has 0 aliphatic carbocycles. The Morgan fingerprint density at radius 3 is 2.71 bits per heavy atom. The monoisotopic (exact) mass is 236 g/mol. The van der Waals surface area contributed by atoms with Crippen LogP contribution in [0.3, 0.4) is 0 Å². The van der Waals surface area contributed by atoms with Gasteiger partial charge in [0.2, 0.25) is 6.08 Å². The van der Waals surface area contributed by atoms with Crippen LogP contribution in [0.15, 0.2) is 23.2 Å². The van der Waals surface area contributed by atoms with Crippen molar-refractivity contribution in [2.75, 3.05) is 0 Å². The highest BCUT2D eigenvalue weighted by Gasteiger charge is 2.21. The molecule has 1 aromatic rings. The van der Waals surface area contributed by atoms with Crippen molar-refractivity contribution in [3.8, 4) is 0 Å². The van der Waals surface area contributed by atoms with Crippen LogP contribution in [0.4, 0.5) is 5.69 Å². The number of carbonyl (C=O) groups excluding carboxylic acids is 1. The maximum atomic E-state index is 10.7. The largest absolute Gasteiger partial charge is 0.477 e. The van der Waals surface area contributed by atoms with Crippen LogP contribution in [0.2, 0.25) is 0 Å². The number of aliphatic imine (C=N–C) groups is 1. The third kappa shape index (κ3) is 2.73. The van der Waals surface area contributed by atoms with Gasteiger partial charge in [0.1, 0.15) is 5.56 Å². The van der Waals surface area contributed by atoms with E-state index in [1.54, 1.807) is 6.92 Å². The average molecular weight is 236 g/mol. The lowest BCUT2D eigenvalue weighted by Crippen LogP contribution is -2.04. The van der Waals surface area contributed by atoms with Gasteiger partial charge in [0.25, 0.3) is 5.69 Å². The fourth-order valence-corrected chi connectivity index (χ4v) is 1.29. The highest BCUT2D eigenvalue weighted by atomic mass is 16.6. The number of nitrogens with zero attached hydrogens (tertiary/aromatic N) is 2. The molecule has 0 aliphatic rings. The van der Waals surface area contributed by atoms with E-state index < -0.39 is 28.2 Å². The second-order valence-corrected chi connectivity index (χ2v) is 3.24. The van der Waals surface area contributed by atoms with Crippen LogP contribution in [0.25, 0.3) is 0 Å². The Kier molecular flexibility index (Phi) is 3.69. The summed E-state index contributed by atoms with van der Waals surface area (Å²) in [5, 5.41) is 19.5. The SMILES string of the molecule is C[C@@H](N=C=O)c1ccc(C(=O)O)c([N+](=O)[O-])c1. The third-order valence-corrected chi connectivity index (χ3v) is 2.18. The molecule has 0 fully saturated rings. The van der Waals surface area contributed by atoms with Gasteiger partial charge >= 0.3 is 5.97 Å². The molecule has 0 aromatic heterocycles. The zero-order chi connectivity index (χ0) is 13.0. The van der Waals surface area contributed by atoms with E-state index in [2.05, 4.69) is 4.99 Å². The molecule has 1 N–H and O–H groups in total. The number of nitro benzene ring substituents is 1. The highest BCUT2D eigenvalue weighted by Crippen LogP contribution is 2.25. The summed E-state index contributed by atoms with van der Waals surface area (Å²) >= 11 is 0. The average Bonchev–Trinajstić information content (AvgIpc) is 2.28. The molecule has 0 bridgehead atoms. The Balaban J connectivity index is 3.32. The number of hydrogen-bond donors (Lipinski definition) is 1. The zero-order valence-electron chi connectivity index (χ0n) is 8.78. The predicted molar refractivity (Wildman–Crippen MR) is 56.6 cm³/mol. The van der Waals surface area contributed by atoms with Crippen LogP contribution < -0.4 is 0 Å². The maximum absolute atomic E-state index is 10.7. The van der Waals surface area contributed by atoms with Crippen LogP contribution in [0, 0.1) is 10.1 Å². The van der Waals surface area contributed by atoms with Crippen LogP contribution in [-0.2, 0) is 4.79 Å². The third-order valence-electron chi connectivity index (χ3n) is 2.18. The summed E-state index contributed by atoms with van der Waals surface area (Å²) in [5.74, 6) is -1.38. The first-order valence-electron chi connectivity index (χ1n) is 4.56. The minimum absolute atomic E-state index is 0.380. The van der Waals surface area contributed by atoms with E-state index in [9.17, 15) is 19.7 Å². The van der Waals surface area contributed by atoms with Crippen molar-refractivity contribution in [2.45, 2.75) is 13.0 Å². The van der Waals surface area contributed by atoms with Crippen LogP contribution >= 0.6 is 0 Å². The first-order chi connectivity index (χ1) is 7.97. The van der Waals surface area contributed by atoms with Crippen molar-refractivity contribution in [2.24, 2.45) is 4.99 Å². The van der Waals surface area contributed by atoms with E-state index in [0.29, 0.717) is 5.56 Å². The van der Waals surface area contributed by atoms with E-state index >= 15 is 0 Å². The maximum Gasteiger partial charge on any atom is 0.342 e. The molecule has 0 spiro atoms. The molecule has 1 aromatic carbocycles. The summed E-state index contributed by atoms with van der Waals surface area (Å²) in [6.45, 7) is 1.55. The summed E-state index contributed by atoms with van der Waals surface area (Å²) in [7, 11) is 0. The van der Waals surface area contributed by atoms with Gasteiger partial charge < -0.3 is 5.11 Å². The van der Waals surface area contributed by atoms with E-state index in [1.807, 2.05) is 0 Å². The first-order valence-corrected chi connectivity index (χ1v) is 4.56. The van der Waals surface area contributed by atoms with E-state index in [-0.39, 0.29) is 0 Å². The number of carboxylic acids is 1. The van der Waals surface area contributed by atoms with Crippen molar-refractivity contribution < 1.29 is 19.6 Å². The molecular weight excluding hydrogens is 228 g/mol. The molecule has 0 heterocycles. The summed E-state index contributed by atoms with van der Waals surface area (Å²) in [6.07, 6.45) is 1.34. The fraction of sp³-hybridized carbons (Fsp3) is 0.200. The van der Waals surface area contributed by atoms with Gasteiger partial charge in [-0.2, -0.15) is 4.99 Å². The fourth-order valence-electron chi connectivity index (χ4n) is 1.29. The van der Waals surface area contributed by atoms with Crippen molar-refractivity contribution in [1.29, 1.82) is 0 Å². The lowest BCUT2D eigenvalue weighted by atomic mass is 10.0. The standard InChI is InChI=1S/C10H8N2O5/c1-6(11-5-13)7-2-3-8(10(14)15)9(4-7)12(16)17/h2-4,6H,1H3,(H,14,15)/t6-/m1/s1. The number of isocyanates is 1. The number of aromatic carboxylic acids is 1. The molecule has 0 aliphatic heterocycles. The Hall–Kier alpha value is -2.53. The lowest BCUT2D eigenvalue weighted by molar-refractivity contribution is -0.385. The van der Waals surface area contributed by atoms with Crippen molar-refractivity contribution >= 4 is 17.7 Å². The predicted octanol–water partition coefficient (Wildman–Crippen LogP) is 1.69. The summed E-state index contributed by atoms with van der Waals surface area (Å²) in [5.41, 5.74) is -0.547. The normalized spacial score (nSPS) is 11.4. The molecule has 0 amide bonds. The van der Waals surface area contributed by atoms with Crippen molar-refractivity contribution in [3.05, 3.63) is 39.4 Å². The van der Waals surface area contributed by atoms with Gasteiger partial charge in [0, 0.05) is 6.07 Å². The molecule has 1 rings (SSSR count). The molecule has 0 saturated heterocycles. The van der Waals surface area contributed by atoms with Gasteiger partial charge in [-0.1, -0.05) is 6.07 Å². The highest BCUT2D eigenvalue weighted by molar-refractivity contribution is 5.92. The topological polar surface area (TPSA) is 110 Å². The van der Waals surface area contributed by atoms with Crippen LogP contribution in [-0.4, -0.2) is 22.1 Å². The second-order valence-electron chi connectivity index (χ2n) is 3.24. The van der Waals surface area contributed by atoms with E-state index in [4.69, 9.17) is 5.11 Å². The first kappa shape index (κ1) is 12.5. The number of hydrogen-bond acceptors (Lipinski definition) is 5. The molecular formula is C10H8N2O5. The number of carbonyl (C=O) groups is 1. The van der Waals surface area contributed by atoms with Gasteiger partial charge in [-0.3, -0.25) is 10.1 Å². The summed E-state index contributed by atoms with van der Waals surface area (Å²) < 4.78 is 0. The second kappa shape index (κ2) is 5.00.